The smallest absolute Gasteiger partial charge is 0.338 e. The SMILES string of the molecule is COc1ccc(NC(=O)C(C)OC(=O)c2ccc(Br)cc2)cc1. The molecule has 2 rings (SSSR count). The molecule has 0 aliphatic carbocycles. The molecule has 5 nitrogen and oxygen atoms in total. The number of amides is 1. The Morgan fingerprint density at radius 1 is 1.04 bits per heavy atom. The number of carbonyl (C=O) groups excluding carboxylic acids is 2. The van der Waals surface area contributed by atoms with Crippen molar-refractivity contribution < 1.29 is 19.1 Å². The van der Waals surface area contributed by atoms with Crippen molar-refractivity contribution in [1.29, 1.82) is 0 Å². The highest BCUT2D eigenvalue weighted by molar-refractivity contribution is 9.10. The predicted octanol–water partition coefficient (Wildman–Crippen LogP) is 3.64. The average molecular weight is 378 g/mol. The summed E-state index contributed by atoms with van der Waals surface area (Å²) in [6.45, 7) is 1.52. The van der Waals surface area contributed by atoms with E-state index < -0.39 is 18.0 Å². The maximum Gasteiger partial charge on any atom is 0.338 e. The van der Waals surface area contributed by atoms with Gasteiger partial charge in [-0.1, -0.05) is 15.9 Å². The molecule has 120 valence electrons. The van der Waals surface area contributed by atoms with Crippen molar-refractivity contribution in [2.45, 2.75) is 13.0 Å². The molecule has 2 aromatic rings. The molecule has 0 saturated heterocycles. The van der Waals surface area contributed by atoms with E-state index in [0.717, 1.165) is 4.47 Å². The van der Waals surface area contributed by atoms with E-state index in [0.29, 0.717) is 17.0 Å². The van der Waals surface area contributed by atoms with Gasteiger partial charge in [-0.05, 0) is 55.5 Å². The van der Waals surface area contributed by atoms with Gasteiger partial charge in [0, 0.05) is 10.2 Å². The average Bonchev–Trinajstić information content (AvgIpc) is 2.56. The number of rotatable bonds is 5. The van der Waals surface area contributed by atoms with Gasteiger partial charge in [0.15, 0.2) is 6.10 Å². The number of benzene rings is 2. The lowest BCUT2D eigenvalue weighted by Gasteiger charge is -2.13. The number of hydrogen-bond donors (Lipinski definition) is 1. The van der Waals surface area contributed by atoms with E-state index in [4.69, 9.17) is 9.47 Å². The predicted molar refractivity (Wildman–Crippen MR) is 90.6 cm³/mol. The van der Waals surface area contributed by atoms with Gasteiger partial charge in [-0.2, -0.15) is 0 Å². The van der Waals surface area contributed by atoms with Gasteiger partial charge in [0.25, 0.3) is 5.91 Å². The van der Waals surface area contributed by atoms with E-state index >= 15 is 0 Å². The number of methoxy groups -OCH3 is 1. The first-order valence-electron chi connectivity index (χ1n) is 6.91. The van der Waals surface area contributed by atoms with Crippen molar-refractivity contribution in [2.75, 3.05) is 12.4 Å². The molecule has 23 heavy (non-hydrogen) atoms. The number of carbonyl (C=O) groups is 2. The van der Waals surface area contributed by atoms with Crippen LogP contribution in [0, 0.1) is 0 Å². The molecule has 0 spiro atoms. The molecular formula is C17H16BrNO4. The van der Waals surface area contributed by atoms with Gasteiger partial charge >= 0.3 is 5.97 Å². The Morgan fingerprint density at radius 2 is 1.65 bits per heavy atom. The minimum atomic E-state index is -0.909. The first-order valence-corrected chi connectivity index (χ1v) is 7.70. The second kappa shape index (κ2) is 7.78. The quantitative estimate of drug-likeness (QED) is 0.807. The van der Waals surface area contributed by atoms with Crippen LogP contribution in [0.25, 0.3) is 0 Å². The third-order valence-electron chi connectivity index (χ3n) is 3.09. The lowest BCUT2D eigenvalue weighted by atomic mass is 10.2. The Morgan fingerprint density at radius 3 is 2.22 bits per heavy atom. The molecule has 0 fully saturated rings. The molecule has 0 bridgehead atoms. The van der Waals surface area contributed by atoms with Crippen LogP contribution >= 0.6 is 15.9 Å². The minimum absolute atomic E-state index is 0.386. The van der Waals surface area contributed by atoms with E-state index in [1.165, 1.54) is 6.92 Å². The first kappa shape index (κ1) is 17.0. The fourth-order valence-corrected chi connectivity index (χ4v) is 2.05. The highest BCUT2D eigenvalue weighted by Gasteiger charge is 2.19. The normalized spacial score (nSPS) is 11.4. The molecule has 6 heteroatoms. The molecule has 0 aliphatic heterocycles. The zero-order valence-electron chi connectivity index (χ0n) is 12.7. The summed E-state index contributed by atoms with van der Waals surface area (Å²) >= 11 is 3.29. The third-order valence-corrected chi connectivity index (χ3v) is 3.62. The van der Waals surface area contributed by atoms with Gasteiger partial charge in [0.05, 0.1) is 12.7 Å². The summed E-state index contributed by atoms with van der Waals surface area (Å²) < 4.78 is 11.1. The fraction of sp³-hybridized carbons (Fsp3) is 0.176. The number of nitrogens with one attached hydrogen (secondary N) is 1. The molecule has 0 aromatic heterocycles. The Bertz CT molecular complexity index is 683. The van der Waals surface area contributed by atoms with Crippen molar-refractivity contribution in [3.63, 3.8) is 0 Å². The molecule has 2 aromatic carbocycles. The highest BCUT2D eigenvalue weighted by Crippen LogP contribution is 2.16. The molecule has 1 unspecified atom stereocenters. The molecule has 1 atom stereocenters. The Hall–Kier alpha value is -2.34. The van der Waals surface area contributed by atoms with E-state index in [9.17, 15) is 9.59 Å². The molecule has 0 radical (unpaired) electrons. The second-order valence-corrected chi connectivity index (χ2v) is 5.69. The van der Waals surface area contributed by atoms with Gasteiger partial charge in [-0.3, -0.25) is 4.79 Å². The lowest BCUT2D eigenvalue weighted by Crippen LogP contribution is -2.29. The molecule has 0 saturated carbocycles. The van der Waals surface area contributed by atoms with Crippen molar-refractivity contribution in [1.82, 2.24) is 0 Å². The number of anilines is 1. The van der Waals surface area contributed by atoms with Gasteiger partial charge in [-0.25, -0.2) is 4.79 Å². The van der Waals surface area contributed by atoms with E-state index in [1.807, 2.05) is 0 Å². The van der Waals surface area contributed by atoms with Crippen LogP contribution in [-0.4, -0.2) is 25.1 Å². The summed E-state index contributed by atoms with van der Waals surface area (Å²) in [6.07, 6.45) is -0.909. The maximum absolute atomic E-state index is 12.1. The van der Waals surface area contributed by atoms with Gasteiger partial charge in [0.1, 0.15) is 5.75 Å². The van der Waals surface area contributed by atoms with Crippen LogP contribution in [0.3, 0.4) is 0 Å². The topological polar surface area (TPSA) is 64.6 Å². The maximum atomic E-state index is 12.1. The van der Waals surface area contributed by atoms with Crippen LogP contribution < -0.4 is 10.1 Å². The summed E-state index contributed by atoms with van der Waals surface area (Å²) in [5.74, 6) is -0.256. The van der Waals surface area contributed by atoms with Crippen molar-refractivity contribution in [2.24, 2.45) is 0 Å². The zero-order valence-corrected chi connectivity index (χ0v) is 14.3. The summed E-state index contributed by atoms with van der Waals surface area (Å²) in [5, 5.41) is 2.68. The largest absolute Gasteiger partial charge is 0.497 e. The zero-order chi connectivity index (χ0) is 16.8. The fourth-order valence-electron chi connectivity index (χ4n) is 1.79. The number of halogens is 1. The van der Waals surface area contributed by atoms with Crippen LogP contribution in [0.4, 0.5) is 5.69 Å². The summed E-state index contributed by atoms with van der Waals surface area (Å²) in [7, 11) is 1.57. The number of ether oxygens (including phenoxy) is 2. The van der Waals surface area contributed by atoms with E-state index in [2.05, 4.69) is 21.2 Å². The first-order chi connectivity index (χ1) is 11.0. The van der Waals surface area contributed by atoms with Crippen LogP contribution in [0.1, 0.15) is 17.3 Å². The summed E-state index contributed by atoms with van der Waals surface area (Å²) in [6, 6.07) is 13.6. The molecule has 0 heterocycles. The van der Waals surface area contributed by atoms with Crippen LogP contribution in [0.15, 0.2) is 53.0 Å². The summed E-state index contributed by atoms with van der Waals surface area (Å²) in [5.41, 5.74) is 0.986. The van der Waals surface area contributed by atoms with Gasteiger partial charge in [0.2, 0.25) is 0 Å². The molecule has 0 aliphatic rings. The second-order valence-electron chi connectivity index (χ2n) is 4.77. The summed E-state index contributed by atoms with van der Waals surface area (Å²) in [4.78, 5) is 24.0. The van der Waals surface area contributed by atoms with E-state index in [-0.39, 0.29) is 0 Å². The van der Waals surface area contributed by atoms with Crippen molar-refractivity contribution >= 4 is 33.5 Å². The monoisotopic (exact) mass is 377 g/mol. The Balaban J connectivity index is 1.93. The van der Waals surface area contributed by atoms with E-state index in [1.54, 1.807) is 55.6 Å². The Kier molecular flexibility index (Phi) is 5.76. The Labute approximate surface area is 142 Å². The number of hydrogen-bond acceptors (Lipinski definition) is 4. The molecular weight excluding hydrogens is 362 g/mol. The minimum Gasteiger partial charge on any atom is -0.497 e. The lowest BCUT2D eigenvalue weighted by molar-refractivity contribution is -0.123. The van der Waals surface area contributed by atoms with Gasteiger partial charge in [-0.15, -0.1) is 0 Å². The van der Waals surface area contributed by atoms with Crippen molar-refractivity contribution in [3.8, 4) is 5.75 Å². The van der Waals surface area contributed by atoms with Gasteiger partial charge < -0.3 is 14.8 Å². The van der Waals surface area contributed by atoms with Crippen molar-refractivity contribution in [3.05, 3.63) is 58.6 Å². The molecule has 1 N–H and O–H groups in total. The van der Waals surface area contributed by atoms with Crippen LogP contribution in [-0.2, 0) is 9.53 Å². The number of esters is 1. The molecule has 1 amide bonds. The third kappa shape index (κ3) is 4.82. The van der Waals surface area contributed by atoms with Crippen LogP contribution in [0.2, 0.25) is 0 Å². The van der Waals surface area contributed by atoms with Crippen LogP contribution in [0.5, 0.6) is 5.75 Å². The highest BCUT2D eigenvalue weighted by atomic mass is 79.9. The standard InChI is InChI=1S/C17H16BrNO4/c1-11(23-17(21)12-3-5-13(18)6-4-12)16(20)19-14-7-9-15(22-2)10-8-14/h3-11H,1-2H3,(H,19,20).